The van der Waals surface area contributed by atoms with Gasteiger partial charge >= 0.3 is 8.56 Å². The molecule has 0 aliphatic rings. The van der Waals surface area contributed by atoms with Gasteiger partial charge < -0.3 is 8.85 Å². The van der Waals surface area contributed by atoms with Crippen molar-refractivity contribution in [2.75, 3.05) is 13.2 Å². The lowest BCUT2D eigenvalue weighted by atomic mass is 9.99. The van der Waals surface area contributed by atoms with Crippen molar-refractivity contribution in [2.24, 2.45) is 11.8 Å². The minimum absolute atomic E-state index is 0.142. The molecule has 3 heteroatoms. The van der Waals surface area contributed by atoms with Crippen molar-refractivity contribution in [1.82, 2.24) is 0 Å². The van der Waals surface area contributed by atoms with Crippen LogP contribution in [0.2, 0.25) is 11.1 Å². The van der Waals surface area contributed by atoms with Crippen LogP contribution in [0.5, 0.6) is 0 Å². The van der Waals surface area contributed by atoms with E-state index >= 15 is 0 Å². The lowest BCUT2D eigenvalue weighted by Gasteiger charge is -2.46. The fraction of sp³-hybridized carbons (Fsp3) is 1.00. The summed E-state index contributed by atoms with van der Waals surface area (Å²) in [4.78, 5) is 0. The van der Waals surface area contributed by atoms with E-state index in [0.29, 0.717) is 11.8 Å². The molecule has 104 valence electrons. The normalized spacial score (nSPS) is 13.8. The van der Waals surface area contributed by atoms with E-state index in [0.717, 1.165) is 19.3 Å². The van der Waals surface area contributed by atoms with Gasteiger partial charge in [-0.05, 0) is 31.7 Å². The van der Waals surface area contributed by atoms with E-state index in [1.165, 1.54) is 0 Å². The van der Waals surface area contributed by atoms with Crippen molar-refractivity contribution in [3.05, 3.63) is 0 Å². The van der Waals surface area contributed by atoms with E-state index in [1.807, 2.05) is 0 Å². The van der Waals surface area contributed by atoms with E-state index in [1.54, 1.807) is 0 Å². The summed E-state index contributed by atoms with van der Waals surface area (Å²) in [6, 6.07) is 1.08. The Hall–Kier alpha value is 0.137. The van der Waals surface area contributed by atoms with Crippen LogP contribution in [0.1, 0.15) is 55.4 Å². The van der Waals surface area contributed by atoms with Crippen molar-refractivity contribution in [3.8, 4) is 0 Å². The first-order valence-corrected chi connectivity index (χ1v) is 9.03. The Morgan fingerprint density at radius 1 is 0.941 bits per heavy atom. The third-order valence-corrected chi connectivity index (χ3v) is 9.26. The summed E-state index contributed by atoms with van der Waals surface area (Å²) in [5, 5.41) is 0.142. The Morgan fingerprint density at radius 2 is 1.35 bits per heavy atom. The lowest BCUT2D eigenvalue weighted by Crippen LogP contribution is -2.54. The van der Waals surface area contributed by atoms with Crippen LogP contribution >= 0.6 is 0 Å². The fourth-order valence-electron chi connectivity index (χ4n) is 2.24. The summed E-state index contributed by atoms with van der Waals surface area (Å²) in [6.07, 6.45) is 0. The Bertz CT molecular complexity index is 206. The molecule has 0 rings (SSSR count). The van der Waals surface area contributed by atoms with E-state index in [4.69, 9.17) is 8.85 Å². The molecule has 0 bridgehead atoms. The minimum Gasteiger partial charge on any atom is -0.394 e. The topological polar surface area (TPSA) is 18.5 Å². The molecule has 0 aromatic heterocycles. The monoisotopic (exact) mass is 260 g/mol. The van der Waals surface area contributed by atoms with Crippen LogP contribution in [0.4, 0.5) is 0 Å². The smallest absolute Gasteiger partial charge is 0.344 e. The maximum atomic E-state index is 6.22. The van der Waals surface area contributed by atoms with Gasteiger partial charge in [0.1, 0.15) is 0 Å². The van der Waals surface area contributed by atoms with Gasteiger partial charge in [-0.15, -0.1) is 0 Å². The highest BCUT2D eigenvalue weighted by Crippen LogP contribution is 2.48. The van der Waals surface area contributed by atoms with Crippen molar-refractivity contribution in [1.29, 1.82) is 0 Å². The standard InChI is InChI=1S/C14H32O2Si/c1-9-15-17(16-10-2,11-12(3)4)14(7,8)13(5)6/h12-13H,9-11H2,1-8H3. The predicted molar refractivity (Wildman–Crippen MR) is 77.5 cm³/mol. The van der Waals surface area contributed by atoms with E-state index in [9.17, 15) is 0 Å². The molecule has 0 amide bonds. The molecule has 0 saturated heterocycles. The summed E-state index contributed by atoms with van der Waals surface area (Å²) in [7, 11) is -2.15. The van der Waals surface area contributed by atoms with Gasteiger partial charge in [0, 0.05) is 18.3 Å². The van der Waals surface area contributed by atoms with Gasteiger partial charge in [0.25, 0.3) is 0 Å². The summed E-state index contributed by atoms with van der Waals surface area (Å²) < 4.78 is 12.4. The zero-order valence-corrected chi connectivity index (χ0v) is 14.1. The Morgan fingerprint density at radius 3 is 1.59 bits per heavy atom. The quantitative estimate of drug-likeness (QED) is 0.594. The van der Waals surface area contributed by atoms with Gasteiger partial charge in [0.2, 0.25) is 0 Å². The molecule has 0 aliphatic carbocycles. The molecular weight excluding hydrogens is 228 g/mol. The third kappa shape index (κ3) is 4.07. The number of hydrogen-bond donors (Lipinski definition) is 0. The van der Waals surface area contributed by atoms with Crippen LogP contribution < -0.4 is 0 Å². The number of hydrogen-bond acceptors (Lipinski definition) is 2. The molecule has 2 nitrogen and oxygen atoms in total. The molecule has 0 heterocycles. The Kier molecular flexibility index (Phi) is 6.96. The summed E-state index contributed by atoms with van der Waals surface area (Å²) in [5.74, 6) is 1.20. The van der Waals surface area contributed by atoms with Gasteiger partial charge in [0.05, 0.1) is 0 Å². The van der Waals surface area contributed by atoms with Crippen molar-refractivity contribution < 1.29 is 8.85 Å². The Labute approximate surface area is 109 Å². The molecule has 0 aromatic carbocycles. The van der Waals surface area contributed by atoms with E-state index < -0.39 is 8.56 Å². The maximum Gasteiger partial charge on any atom is 0.344 e. The second kappa shape index (κ2) is 6.91. The third-order valence-electron chi connectivity index (χ3n) is 3.86. The van der Waals surface area contributed by atoms with Gasteiger partial charge in [-0.1, -0.05) is 41.5 Å². The molecule has 0 atom stereocenters. The molecule has 0 unspecified atom stereocenters. The maximum absolute atomic E-state index is 6.22. The molecule has 0 radical (unpaired) electrons. The van der Waals surface area contributed by atoms with Gasteiger partial charge in [-0.3, -0.25) is 0 Å². The molecule has 0 N–H and O–H groups in total. The van der Waals surface area contributed by atoms with Crippen LogP contribution in [0, 0.1) is 11.8 Å². The largest absolute Gasteiger partial charge is 0.394 e. The van der Waals surface area contributed by atoms with Crippen LogP contribution in [0.25, 0.3) is 0 Å². The van der Waals surface area contributed by atoms with E-state index in [2.05, 4.69) is 55.4 Å². The molecule has 0 spiro atoms. The van der Waals surface area contributed by atoms with Crippen molar-refractivity contribution >= 4 is 8.56 Å². The van der Waals surface area contributed by atoms with Crippen LogP contribution in [0.15, 0.2) is 0 Å². The first-order valence-electron chi connectivity index (χ1n) is 7.01. The number of rotatable bonds is 8. The lowest BCUT2D eigenvalue weighted by molar-refractivity contribution is 0.141. The molecular formula is C14H32O2Si. The van der Waals surface area contributed by atoms with Gasteiger partial charge in [0.15, 0.2) is 0 Å². The fourth-order valence-corrected chi connectivity index (χ4v) is 6.71. The van der Waals surface area contributed by atoms with Crippen molar-refractivity contribution in [2.45, 2.75) is 66.5 Å². The highest BCUT2D eigenvalue weighted by atomic mass is 28.4. The second-order valence-electron chi connectivity index (χ2n) is 6.09. The highest BCUT2D eigenvalue weighted by Gasteiger charge is 2.53. The van der Waals surface area contributed by atoms with Gasteiger partial charge in [-0.25, -0.2) is 0 Å². The highest BCUT2D eigenvalue weighted by molar-refractivity contribution is 6.70. The van der Waals surface area contributed by atoms with Crippen LogP contribution in [0.3, 0.4) is 0 Å². The molecule has 17 heavy (non-hydrogen) atoms. The second-order valence-corrected chi connectivity index (χ2v) is 9.87. The minimum atomic E-state index is -2.15. The average molecular weight is 260 g/mol. The van der Waals surface area contributed by atoms with Crippen molar-refractivity contribution in [3.63, 3.8) is 0 Å². The van der Waals surface area contributed by atoms with Crippen LogP contribution in [-0.4, -0.2) is 21.8 Å². The Balaban J connectivity index is 5.27. The van der Waals surface area contributed by atoms with Crippen LogP contribution in [-0.2, 0) is 8.85 Å². The first kappa shape index (κ1) is 17.1. The predicted octanol–water partition coefficient (Wildman–Crippen LogP) is 4.59. The molecule has 0 aliphatic heterocycles. The zero-order chi connectivity index (χ0) is 13.7. The summed E-state index contributed by atoms with van der Waals surface area (Å²) in [5.41, 5.74) is 0. The first-order chi connectivity index (χ1) is 7.73. The summed E-state index contributed by atoms with van der Waals surface area (Å²) >= 11 is 0. The SMILES string of the molecule is CCO[Si](CC(C)C)(OCC)C(C)(C)C(C)C. The molecule has 0 aromatic rings. The zero-order valence-electron chi connectivity index (χ0n) is 13.1. The molecule has 0 fully saturated rings. The average Bonchev–Trinajstić information content (AvgIpc) is 2.16. The molecule has 0 saturated carbocycles. The van der Waals surface area contributed by atoms with Gasteiger partial charge in [-0.2, -0.15) is 0 Å². The summed E-state index contributed by atoms with van der Waals surface area (Å²) in [6.45, 7) is 19.4. The van der Waals surface area contributed by atoms with E-state index in [-0.39, 0.29) is 5.04 Å².